The number of ether oxygens (including phenoxy) is 1. The number of hydrogen-bond donors (Lipinski definition) is 1. The SMILES string of the molecule is C[C@H](N)CN(Cc1ccccc1)C(=O)OC(=O)C(F)(F)F. The Morgan fingerprint density at radius 2 is 1.86 bits per heavy atom. The van der Waals surface area contributed by atoms with Gasteiger partial charge >= 0.3 is 18.2 Å². The third kappa shape index (κ3) is 5.82. The van der Waals surface area contributed by atoms with E-state index in [0.717, 1.165) is 4.90 Å². The third-order valence-electron chi connectivity index (χ3n) is 2.39. The number of alkyl halides is 3. The van der Waals surface area contributed by atoms with E-state index in [-0.39, 0.29) is 13.1 Å². The highest BCUT2D eigenvalue weighted by Gasteiger charge is 2.43. The van der Waals surface area contributed by atoms with Crippen LogP contribution in [0.3, 0.4) is 0 Å². The Balaban J connectivity index is 2.77. The van der Waals surface area contributed by atoms with E-state index < -0.39 is 24.3 Å². The number of rotatable bonds is 4. The summed E-state index contributed by atoms with van der Waals surface area (Å²) in [6.45, 7) is 1.53. The molecule has 1 aromatic rings. The van der Waals surface area contributed by atoms with Gasteiger partial charge in [0, 0.05) is 19.1 Å². The smallest absolute Gasteiger partial charge is 0.369 e. The number of esters is 1. The van der Waals surface area contributed by atoms with Gasteiger partial charge in [-0.3, -0.25) is 0 Å². The number of carbonyl (C=O) groups is 2. The van der Waals surface area contributed by atoms with Crippen molar-refractivity contribution in [3.63, 3.8) is 0 Å². The summed E-state index contributed by atoms with van der Waals surface area (Å²) in [4.78, 5) is 23.3. The van der Waals surface area contributed by atoms with Crippen LogP contribution in [-0.4, -0.2) is 35.7 Å². The lowest BCUT2D eigenvalue weighted by Gasteiger charge is -2.23. The van der Waals surface area contributed by atoms with E-state index in [2.05, 4.69) is 4.74 Å². The molecule has 1 aromatic carbocycles. The van der Waals surface area contributed by atoms with E-state index in [1.807, 2.05) is 0 Å². The first-order valence-corrected chi connectivity index (χ1v) is 6.07. The first kappa shape index (κ1) is 17.0. The van der Waals surface area contributed by atoms with Crippen molar-refractivity contribution in [2.45, 2.75) is 25.7 Å². The molecule has 0 saturated heterocycles. The fourth-order valence-electron chi connectivity index (χ4n) is 1.56. The fourth-order valence-corrected chi connectivity index (χ4v) is 1.56. The van der Waals surface area contributed by atoms with Crippen LogP contribution in [0.25, 0.3) is 0 Å². The van der Waals surface area contributed by atoms with E-state index in [4.69, 9.17) is 5.73 Å². The second-order valence-corrected chi connectivity index (χ2v) is 4.50. The number of hydrogen-bond acceptors (Lipinski definition) is 4. The van der Waals surface area contributed by atoms with Gasteiger partial charge in [0.1, 0.15) is 0 Å². The molecule has 2 N–H and O–H groups in total. The molecule has 0 aromatic heterocycles. The van der Waals surface area contributed by atoms with Gasteiger partial charge in [0.15, 0.2) is 0 Å². The van der Waals surface area contributed by atoms with Crippen molar-refractivity contribution in [2.75, 3.05) is 6.54 Å². The van der Waals surface area contributed by atoms with Gasteiger partial charge in [0.05, 0.1) is 0 Å². The third-order valence-corrected chi connectivity index (χ3v) is 2.39. The zero-order valence-corrected chi connectivity index (χ0v) is 11.3. The molecule has 1 atom stereocenters. The molecule has 1 amide bonds. The largest absolute Gasteiger partial charge is 0.491 e. The van der Waals surface area contributed by atoms with Gasteiger partial charge in [-0.2, -0.15) is 13.2 Å². The Kier molecular flexibility index (Phi) is 5.71. The van der Waals surface area contributed by atoms with Gasteiger partial charge in [0.25, 0.3) is 0 Å². The van der Waals surface area contributed by atoms with Crippen LogP contribution in [-0.2, 0) is 16.1 Å². The summed E-state index contributed by atoms with van der Waals surface area (Å²) in [5, 5.41) is 0. The Hall–Kier alpha value is -2.09. The van der Waals surface area contributed by atoms with Gasteiger partial charge in [-0.05, 0) is 12.5 Å². The van der Waals surface area contributed by atoms with Gasteiger partial charge in [-0.15, -0.1) is 0 Å². The highest BCUT2D eigenvalue weighted by atomic mass is 19.4. The number of nitrogens with two attached hydrogens (primary N) is 1. The van der Waals surface area contributed by atoms with Crippen molar-refractivity contribution >= 4 is 12.1 Å². The van der Waals surface area contributed by atoms with E-state index >= 15 is 0 Å². The highest BCUT2D eigenvalue weighted by Crippen LogP contribution is 2.17. The minimum Gasteiger partial charge on any atom is -0.369 e. The predicted molar refractivity (Wildman–Crippen MR) is 68.0 cm³/mol. The second kappa shape index (κ2) is 7.07. The molecule has 116 valence electrons. The first-order valence-electron chi connectivity index (χ1n) is 6.07. The Morgan fingerprint density at radius 3 is 2.33 bits per heavy atom. The summed E-state index contributed by atoms with van der Waals surface area (Å²) in [6.07, 6.45) is -6.60. The summed E-state index contributed by atoms with van der Waals surface area (Å²) in [5.74, 6) is -2.55. The van der Waals surface area contributed by atoms with E-state index in [1.165, 1.54) is 0 Å². The van der Waals surface area contributed by atoms with E-state index in [9.17, 15) is 22.8 Å². The predicted octanol–water partition coefficient (Wildman–Crippen LogP) is 2.06. The molecule has 0 unspecified atom stereocenters. The normalized spacial score (nSPS) is 12.6. The van der Waals surface area contributed by atoms with E-state index in [0.29, 0.717) is 5.56 Å². The van der Waals surface area contributed by atoms with Crippen molar-refractivity contribution in [1.29, 1.82) is 0 Å². The van der Waals surface area contributed by atoms with Crippen molar-refractivity contribution in [3.8, 4) is 0 Å². The van der Waals surface area contributed by atoms with Crippen LogP contribution in [0.5, 0.6) is 0 Å². The summed E-state index contributed by atoms with van der Waals surface area (Å²) in [5.41, 5.74) is 6.22. The molecule has 8 heteroatoms. The molecule has 0 bridgehead atoms. The lowest BCUT2D eigenvalue weighted by atomic mass is 10.2. The number of benzene rings is 1. The lowest BCUT2D eigenvalue weighted by Crippen LogP contribution is -2.42. The molecule has 0 radical (unpaired) electrons. The second-order valence-electron chi connectivity index (χ2n) is 4.50. The lowest BCUT2D eigenvalue weighted by molar-refractivity contribution is -0.193. The minimum absolute atomic E-state index is 0.00759. The maximum atomic E-state index is 12.1. The molecule has 5 nitrogen and oxygen atoms in total. The summed E-state index contributed by atoms with van der Waals surface area (Å²) >= 11 is 0. The van der Waals surface area contributed by atoms with Crippen LogP contribution >= 0.6 is 0 Å². The van der Waals surface area contributed by atoms with Crippen LogP contribution in [0.4, 0.5) is 18.0 Å². The minimum atomic E-state index is -5.22. The van der Waals surface area contributed by atoms with Crippen LogP contribution in [0.1, 0.15) is 12.5 Å². The highest BCUT2D eigenvalue weighted by molar-refractivity contribution is 5.87. The molecular formula is C13H15F3N2O3. The monoisotopic (exact) mass is 304 g/mol. The summed E-state index contributed by atoms with van der Waals surface area (Å²) < 4.78 is 40.1. The first-order chi connectivity index (χ1) is 9.70. The van der Waals surface area contributed by atoms with Gasteiger partial charge in [-0.1, -0.05) is 30.3 Å². The Bertz CT molecular complexity index is 489. The average Bonchev–Trinajstić information content (AvgIpc) is 2.37. The zero-order valence-electron chi connectivity index (χ0n) is 11.3. The van der Waals surface area contributed by atoms with Gasteiger partial charge in [0.2, 0.25) is 0 Å². The molecule has 0 saturated carbocycles. The molecule has 1 rings (SSSR count). The molecule has 0 aliphatic heterocycles. The topological polar surface area (TPSA) is 72.6 Å². The maximum Gasteiger partial charge on any atom is 0.491 e. The molecule has 21 heavy (non-hydrogen) atoms. The molecule has 0 fully saturated rings. The standard InChI is InChI=1S/C13H15F3N2O3/c1-9(17)7-18(8-10-5-3-2-4-6-10)12(20)21-11(19)13(14,15)16/h2-6,9H,7-8,17H2,1H3/t9-/m0/s1. The van der Waals surface area contributed by atoms with Crippen molar-refractivity contribution in [3.05, 3.63) is 35.9 Å². The number of halogens is 3. The molecular weight excluding hydrogens is 289 g/mol. The van der Waals surface area contributed by atoms with E-state index in [1.54, 1.807) is 37.3 Å². The number of carbonyl (C=O) groups excluding carboxylic acids is 2. The van der Waals surface area contributed by atoms with Crippen LogP contribution in [0.2, 0.25) is 0 Å². The van der Waals surface area contributed by atoms with Crippen molar-refractivity contribution < 1.29 is 27.5 Å². The molecule has 0 aliphatic carbocycles. The average molecular weight is 304 g/mol. The fraction of sp³-hybridized carbons (Fsp3) is 0.385. The zero-order chi connectivity index (χ0) is 16.0. The van der Waals surface area contributed by atoms with Crippen molar-refractivity contribution in [1.82, 2.24) is 4.90 Å². The van der Waals surface area contributed by atoms with Gasteiger partial charge < -0.3 is 15.4 Å². The summed E-state index contributed by atoms with van der Waals surface area (Å²) in [6, 6.07) is 8.07. The van der Waals surface area contributed by atoms with Crippen molar-refractivity contribution in [2.24, 2.45) is 5.73 Å². The molecule has 0 heterocycles. The Morgan fingerprint density at radius 1 is 1.29 bits per heavy atom. The van der Waals surface area contributed by atoms with Gasteiger partial charge in [-0.25, -0.2) is 9.59 Å². The number of nitrogens with zero attached hydrogens (tertiary/aromatic N) is 1. The molecule has 0 aliphatic rings. The Labute approximate surface area is 119 Å². The number of amides is 1. The molecule has 0 spiro atoms. The quantitative estimate of drug-likeness (QED) is 0.682. The van der Waals surface area contributed by atoms with Crippen LogP contribution in [0, 0.1) is 0 Å². The van der Waals surface area contributed by atoms with Crippen LogP contribution in [0.15, 0.2) is 30.3 Å². The van der Waals surface area contributed by atoms with Crippen LogP contribution < -0.4 is 5.73 Å². The maximum absolute atomic E-state index is 12.1. The summed E-state index contributed by atoms with van der Waals surface area (Å²) in [7, 11) is 0.